The first-order valence-corrected chi connectivity index (χ1v) is 5.02. The van der Waals surface area contributed by atoms with Crippen molar-refractivity contribution in [2.75, 3.05) is 0 Å². The molecule has 0 bridgehead atoms. The van der Waals surface area contributed by atoms with Crippen molar-refractivity contribution in [2.24, 2.45) is 5.73 Å². The van der Waals surface area contributed by atoms with Crippen molar-refractivity contribution in [3.8, 4) is 0 Å². The SMILES string of the molecule is Cc1ccc(Cl)c(C(O)C(C)N)c1C. The summed E-state index contributed by atoms with van der Waals surface area (Å²) in [6.07, 6.45) is -0.692. The van der Waals surface area contributed by atoms with Crippen LogP contribution in [-0.2, 0) is 0 Å². The first-order chi connectivity index (χ1) is 6.45. The summed E-state index contributed by atoms with van der Waals surface area (Å²) in [4.78, 5) is 0. The number of rotatable bonds is 2. The molecule has 0 aliphatic rings. The molecule has 1 aromatic carbocycles. The molecule has 2 nitrogen and oxygen atoms in total. The van der Waals surface area contributed by atoms with Crippen LogP contribution in [0.4, 0.5) is 0 Å². The van der Waals surface area contributed by atoms with Gasteiger partial charge in [0, 0.05) is 16.6 Å². The number of nitrogens with two attached hydrogens (primary N) is 1. The van der Waals surface area contributed by atoms with Gasteiger partial charge in [0.15, 0.2) is 0 Å². The Labute approximate surface area is 89.7 Å². The topological polar surface area (TPSA) is 46.2 Å². The van der Waals surface area contributed by atoms with E-state index in [2.05, 4.69) is 0 Å². The van der Waals surface area contributed by atoms with Gasteiger partial charge in [-0.2, -0.15) is 0 Å². The van der Waals surface area contributed by atoms with Gasteiger partial charge in [-0.25, -0.2) is 0 Å². The van der Waals surface area contributed by atoms with Gasteiger partial charge >= 0.3 is 0 Å². The van der Waals surface area contributed by atoms with E-state index < -0.39 is 6.10 Å². The molecule has 0 amide bonds. The maximum Gasteiger partial charge on any atom is 0.0955 e. The maximum atomic E-state index is 9.87. The highest BCUT2D eigenvalue weighted by atomic mass is 35.5. The fourth-order valence-electron chi connectivity index (χ4n) is 1.43. The van der Waals surface area contributed by atoms with Gasteiger partial charge in [0.2, 0.25) is 0 Å². The van der Waals surface area contributed by atoms with Crippen LogP contribution in [0.5, 0.6) is 0 Å². The van der Waals surface area contributed by atoms with Crippen LogP contribution >= 0.6 is 11.6 Å². The molecule has 0 saturated heterocycles. The number of aryl methyl sites for hydroxylation is 1. The summed E-state index contributed by atoms with van der Waals surface area (Å²) in [5.41, 5.74) is 8.53. The number of hydrogen-bond donors (Lipinski definition) is 2. The molecular formula is C11H16ClNO. The summed E-state index contributed by atoms with van der Waals surface area (Å²) >= 11 is 6.02. The number of aliphatic hydroxyl groups excluding tert-OH is 1. The third-order valence-electron chi connectivity index (χ3n) is 2.53. The number of halogens is 1. The summed E-state index contributed by atoms with van der Waals surface area (Å²) in [5, 5.41) is 10.5. The molecule has 0 saturated carbocycles. The highest BCUT2D eigenvalue weighted by Gasteiger charge is 2.18. The normalized spacial score (nSPS) is 15.3. The summed E-state index contributed by atoms with van der Waals surface area (Å²) < 4.78 is 0. The zero-order valence-corrected chi connectivity index (χ0v) is 9.47. The standard InChI is InChI=1S/C11H16ClNO/c1-6-4-5-9(12)10(7(6)2)11(14)8(3)13/h4-5,8,11,14H,13H2,1-3H3. The molecule has 2 atom stereocenters. The van der Waals surface area contributed by atoms with Crippen LogP contribution in [-0.4, -0.2) is 11.1 Å². The van der Waals surface area contributed by atoms with Crippen LogP contribution in [0.2, 0.25) is 5.02 Å². The van der Waals surface area contributed by atoms with Crippen molar-refractivity contribution in [1.29, 1.82) is 0 Å². The Hall–Kier alpha value is -0.570. The van der Waals surface area contributed by atoms with E-state index in [4.69, 9.17) is 17.3 Å². The van der Waals surface area contributed by atoms with Gasteiger partial charge in [0.05, 0.1) is 6.10 Å². The fourth-order valence-corrected chi connectivity index (χ4v) is 1.75. The lowest BCUT2D eigenvalue weighted by Crippen LogP contribution is -2.25. The van der Waals surface area contributed by atoms with Crippen LogP contribution < -0.4 is 5.73 Å². The van der Waals surface area contributed by atoms with Crippen LogP contribution in [0, 0.1) is 13.8 Å². The Kier molecular flexibility index (Phi) is 3.53. The van der Waals surface area contributed by atoms with Gasteiger partial charge < -0.3 is 10.8 Å². The van der Waals surface area contributed by atoms with Crippen molar-refractivity contribution >= 4 is 11.6 Å². The predicted molar refractivity (Wildman–Crippen MR) is 59.5 cm³/mol. The molecule has 2 unspecified atom stereocenters. The highest BCUT2D eigenvalue weighted by Crippen LogP contribution is 2.29. The monoisotopic (exact) mass is 213 g/mol. The van der Waals surface area contributed by atoms with E-state index in [9.17, 15) is 5.11 Å². The minimum atomic E-state index is -0.692. The van der Waals surface area contributed by atoms with E-state index in [1.54, 1.807) is 13.0 Å². The Morgan fingerprint density at radius 2 is 1.93 bits per heavy atom. The minimum Gasteiger partial charge on any atom is -0.387 e. The van der Waals surface area contributed by atoms with Gasteiger partial charge in [-0.05, 0) is 38.0 Å². The molecule has 1 rings (SSSR count). The zero-order valence-electron chi connectivity index (χ0n) is 8.71. The zero-order chi connectivity index (χ0) is 10.9. The lowest BCUT2D eigenvalue weighted by Gasteiger charge is -2.19. The van der Waals surface area contributed by atoms with Gasteiger partial charge in [-0.3, -0.25) is 0 Å². The Morgan fingerprint density at radius 1 is 1.36 bits per heavy atom. The average molecular weight is 214 g/mol. The van der Waals surface area contributed by atoms with Crippen molar-refractivity contribution in [1.82, 2.24) is 0 Å². The second-order valence-electron chi connectivity index (χ2n) is 3.71. The first kappa shape index (κ1) is 11.5. The molecule has 0 aliphatic heterocycles. The third-order valence-corrected chi connectivity index (χ3v) is 2.86. The van der Waals surface area contributed by atoms with Crippen LogP contribution in [0.15, 0.2) is 12.1 Å². The van der Waals surface area contributed by atoms with E-state index in [1.807, 2.05) is 19.9 Å². The molecule has 3 N–H and O–H groups in total. The van der Waals surface area contributed by atoms with E-state index in [-0.39, 0.29) is 6.04 Å². The summed E-state index contributed by atoms with van der Waals surface area (Å²) in [7, 11) is 0. The smallest absolute Gasteiger partial charge is 0.0955 e. The van der Waals surface area contributed by atoms with Crippen LogP contribution in [0.3, 0.4) is 0 Å². The molecule has 14 heavy (non-hydrogen) atoms. The number of hydrogen-bond acceptors (Lipinski definition) is 2. The lowest BCUT2D eigenvalue weighted by atomic mass is 9.96. The van der Waals surface area contributed by atoms with Crippen molar-refractivity contribution in [2.45, 2.75) is 32.9 Å². The molecular weight excluding hydrogens is 198 g/mol. The van der Waals surface area contributed by atoms with E-state index in [1.165, 1.54) is 0 Å². The molecule has 0 aliphatic carbocycles. The lowest BCUT2D eigenvalue weighted by molar-refractivity contribution is 0.152. The van der Waals surface area contributed by atoms with Crippen LogP contribution in [0.25, 0.3) is 0 Å². The van der Waals surface area contributed by atoms with Gasteiger partial charge in [-0.15, -0.1) is 0 Å². The quantitative estimate of drug-likeness (QED) is 0.792. The maximum absolute atomic E-state index is 9.87. The molecule has 0 fully saturated rings. The molecule has 0 radical (unpaired) electrons. The second-order valence-corrected chi connectivity index (χ2v) is 4.11. The largest absolute Gasteiger partial charge is 0.387 e. The molecule has 78 valence electrons. The fraction of sp³-hybridized carbons (Fsp3) is 0.455. The van der Waals surface area contributed by atoms with Gasteiger partial charge in [0.1, 0.15) is 0 Å². The molecule has 0 spiro atoms. The Morgan fingerprint density at radius 3 is 2.43 bits per heavy atom. The van der Waals surface area contributed by atoms with E-state index in [0.29, 0.717) is 5.02 Å². The summed E-state index contributed by atoms with van der Waals surface area (Å²) in [6.45, 7) is 5.70. The van der Waals surface area contributed by atoms with Gasteiger partial charge in [-0.1, -0.05) is 17.7 Å². The second kappa shape index (κ2) is 4.30. The molecule has 0 heterocycles. The highest BCUT2D eigenvalue weighted by molar-refractivity contribution is 6.31. The molecule has 0 aromatic heterocycles. The minimum absolute atomic E-state index is 0.312. The summed E-state index contributed by atoms with van der Waals surface area (Å²) in [5.74, 6) is 0. The Bertz CT molecular complexity index is 336. The predicted octanol–water partition coefficient (Wildman–Crippen LogP) is 2.34. The van der Waals surface area contributed by atoms with Crippen molar-refractivity contribution in [3.63, 3.8) is 0 Å². The number of benzene rings is 1. The first-order valence-electron chi connectivity index (χ1n) is 4.64. The Balaban J connectivity index is 3.25. The van der Waals surface area contributed by atoms with Gasteiger partial charge in [0.25, 0.3) is 0 Å². The van der Waals surface area contributed by atoms with E-state index in [0.717, 1.165) is 16.7 Å². The third kappa shape index (κ3) is 2.08. The van der Waals surface area contributed by atoms with Crippen molar-refractivity contribution in [3.05, 3.63) is 33.8 Å². The molecule has 3 heteroatoms. The molecule has 1 aromatic rings. The number of aliphatic hydroxyl groups is 1. The average Bonchev–Trinajstić information content (AvgIpc) is 2.12. The summed E-state index contributed by atoms with van der Waals surface area (Å²) in [6, 6.07) is 3.42. The van der Waals surface area contributed by atoms with Crippen LogP contribution in [0.1, 0.15) is 29.7 Å². The van der Waals surface area contributed by atoms with E-state index >= 15 is 0 Å². The van der Waals surface area contributed by atoms with Crippen molar-refractivity contribution < 1.29 is 5.11 Å².